The van der Waals surface area contributed by atoms with Gasteiger partial charge in [0.25, 0.3) is 0 Å². The first-order valence-corrected chi connectivity index (χ1v) is 5.64. The Balaban J connectivity index is 2.05. The molecule has 1 aliphatic heterocycles. The van der Waals surface area contributed by atoms with Crippen molar-refractivity contribution in [2.24, 2.45) is 0 Å². The van der Waals surface area contributed by atoms with Crippen LogP contribution in [-0.2, 0) is 4.74 Å². The molecule has 1 N–H and O–H groups in total. The maximum Gasteiger partial charge on any atom is 0.129 e. The summed E-state index contributed by atoms with van der Waals surface area (Å²) in [5.41, 5.74) is 1.12. The Morgan fingerprint density at radius 3 is 3.00 bits per heavy atom. The molecule has 1 saturated heterocycles. The van der Waals surface area contributed by atoms with Crippen LogP contribution in [-0.4, -0.2) is 29.7 Å². The monoisotopic (exact) mass is 219 g/mol. The first kappa shape index (κ1) is 11.1. The van der Waals surface area contributed by atoms with Gasteiger partial charge in [-0.1, -0.05) is 6.08 Å². The quantitative estimate of drug-likeness (QED) is 0.786. The van der Waals surface area contributed by atoms with Gasteiger partial charge in [-0.2, -0.15) is 0 Å². The second-order valence-corrected chi connectivity index (χ2v) is 3.88. The summed E-state index contributed by atoms with van der Waals surface area (Å²) in [7, 11) is 0. The molecule has 0 radical (unpaired) electrons. The van der Waals surface area contributed by atoms with Crippen LogP contribution in [0, 0.1) is 0 Å². The van der Waals surface area contributed by atoms with Crippen LogP contribution in [0.25, 0.3) is 0 Å². The highest BCUT2D eigenvalue weighted by atomic mass is 16.5. The molecule has 0 bridgehead atoms. The second-order valence-electron chi connectivity index (χ2n) is 3.88. The van der Waals surface area contributed by atoms with E-state index in [4.69, 9.17) is 4.74 Å². The SMILES string of the molecule is C=CCNc1cc(C2CCOCC2)ncn1. The van der Waals surface area contributed by atoms with Crippen molar-refractivity contribution in [2.45, 2.75) is 18.8 Å². The standard InChI is InChI=1S/C12H17N3O/c1-2-5-13-12-8-11(14-9-15-12)10-3-6-16-7-4-10/h2,8-10H,1,3-7H2,(H,13,14,15). The number of nitrogens with zero attached hydrogens (tertiary/aromatic N) is 2. The first-order valence-electron chi connectivity index (χ1n) is 5.64. The molecule has 1 aromatic heterocycles. The first-order chi connectivity index (χ1) is 7.90. The molecule has 0 amide bonds. The third-order valence-corrected chi connectivity index (χ3v) is 2.76. The Morgan fingerprint density at radius 1 is 1.44 bits per heavy atom. The number of nitrogens with one attached hydrogen (secondary N) is 1. The highest BCUT2D eigenvalue weighted by Crippen LogP contribution is 2.25. The van der Waals surface area contributed by atoms with Crippen LogP contribution < -0.4 is 5.32 Å². The molecule has 4 heteroatoms. The summed E-state index contributed by atoms with van der Waals surface area (Å²) in [5, 5.41) is 3.17. The van der Waals surface area contributed by atoms with E-state index in [1.807, 2.05) is 12.1 Å². The fourth-order valence-corrected chi connectivity index (χ4v) is 1.86. The van der Waals surface area contributed by atoms with Gasteiger partial charge in [0.15, 0.2) is 0 Å². The molecule has 1 fully saturated rings. The molecule has 16 heavy (non-hydrogen) atoms. The van der Waals surface area contributed by atoms with Gasteiger partial charge in [0.05, 0.1) is 0 Å². The molecule has 2 heterocycles. The number of hydrogen-bond donors (Lipinski definition) is 1. The average Bonchev–Trinajstić information content (AvgIpc) is 2.38. The fourth-order valence-electron chi connectivity index (χ4n) is 1.86. The molecule has 4 nitrogen and oxygen atoms in total. The number of hydrogen-bond acceptors (Lipinski definition) is 4. The van der Waals surface area contributed by atoms with Gasteiger partial charge >= 0.3 is 0 Å². The van der Waals surface area contributed by atoms with Crippen molar-refractivity contribution < 1.29 is 4.74 Å². The van der Waals surface area contributed by atoms with E-state index in [-0.39, 0.29) is 0 Å². The lowest BCUT2D eigenvalue weighted by molar-refractivity contribution is 0.0845. The van der Waals surface area contributed by atoms with Crippen LogP contribution in [0.1, 0.15) is 24.5 Å². The Kier molecular flexibility index (Phi) is 3.88. The smallest absolute Gasteiger partial charge is 0.129 e. The van der Waals surface area contributed by atoms with Gasteiger partial charge < -0.3 is 10.1 Å². The summed E-state index contributed by atoms with van der Waals surface area (Å²) in [5.74, 6) is 1.39. The van der Waals surface area contributed by atoms with E-state index < -0.39 is 0 Å². The zero-order chi connectivity index (χ0) is 11.2. The van der Waals surface area contributed by atoms with Gasteiger partial charge in [0.2, 0.25) is 0 Å². The van der Waals surface area contributed by atoms with E-state index in [2.05, 4.69) is 21.9 Å². The molecule has 2 rings (SSSR count). The van der Waals surface area contributed by atoms with Crippen molar-refractivity contribution in [2.75, 3.05) is 25.1 Å². The van der Waals surface area contributed by atoms with E-state index in [0.717, 1.165) is 44.1 Å². The molecule has 0 saturated carbocycles. The average molecular weight is 219 g/mol. The summed E-state index contributed by atoms with van der Waals surface area (Å²) >= 11 is 0. The lowest BCUT2D eigenvalue weighted by Gasteiger charge is -2.21. The van der Waals surface area contributed by atoms with Crippen molar-refractivity contribution in [3.05, 3.63) is 30.7 Å². The molecule has 0 aromatic carbocycles. The van der Waals surface area contributed by atoms with Crippen LogP contribution in [0.2, 0.25) is 0 Å². The summed E-state index contributed by atoms with van der Waals surface area (Å²) in [6.45, 7) is 6.07. The van der Waals surface area contributed by atoms with Crippen LogP contribution in [0.3, 0.4) is 0 Å². The molecule has 1 aromatic rings. The Hall–Kier alpha value is -1.42. The Bertz CT molecular complexity index is 348. The number of aromatic nitrogens is 2. The molecule has 1 aliphatic rings. The van der Waals surface area contributed by atoms with Crippen LogP contribution in [0.4, 0.5) is 5.82 Å². The van der Waals surface area contributed by atoms with Gasteiger partial charge in [-0.15, -0.1) is 6.58 Å². The zero-order valence-corrected chi connectivity index (χ0v) is 9.35. The van der Waals surface area contributed by atoms with E-state index in [1.165, 1.54) is 0 Å². The fraction of sp³-hybridized carbons (Fsp3) is 0.500. The van der Waals surface area contributed by atoms with Crippen LogP contribution >= 0.6 is 0 Å². The Morgan fingerprint density at radius 2 is 2.25 bits per heavy atom. The van der Waals surface area contributed by atoms with Crippen LogP contribution in [0.15, 0.2) is 25.0 Å². The minimum atomic E-state index is 0.515. The number of ether oxygens (including phenoxy) is 1. The summed E-state index contributed by atoms with van der Waals surface area (Å²) in [6, 6.07) is 2.03. The minimum absolute atomic E-state index is 0.515. The van der Waals surface area contributed by atoms with Gasteiger partial charge in [-0.25, -0.2) is 9.97 Å². The predicted octanol–water partition coefficient (Wildman–Crippen LogP) is 1.97. The molecule has 0 spiro atoms. The van der Waals surface area contributed by atoms with Crippen molar-refractivity contribution in [3.63, 3.8) is 0 Å². The molecular weight excluding hydrogens is 202 g/mol. The summed E-state index contributed by atoms with van der Waals surface area (Å²) < 4.78 is 5.34. The maximum atomic E-state index is 5.34. The van der Waals surface area contributed by atoms with E-state index in [0.29, 0.717) is 5.92 Å². The topological polar surface area (TPSA) is 47.0 Å². The second kappa shape index (κ2) is 5.61. The molecule has 0 aliphatic carbocycles. The van der Waals surface area contributed by atoms with E-state index in [1.54, 1.807) is 6.33 Å². The molecule has 0 unspecified atom stereocenters. The van der Waals surface area contributed by atoms with Gasteiger partial charge in [0.1, 0.15) is 12.1 Å². The van der Waals surface area contributed by atoms with Crippen molar-refractivity contribution in [1.29, 1.82) is 0 Å². The van der Waals surface area contributed by atoms with Crippen LogP contribution in [0.5, 0.6) is 0 Å². The van der Waals surface area contributed by atoms with Gasteiger partial charge in [-0.3, -0.25) is 0 Å². The lowest BCUT2D eigenvalue weighted by Crippen LogP contribution is -2.15. The highest BCUT2D eigenvalue weighted by molar-refractivity contribution is 5.36. The van der Waals surface area contributed by atoms with Crippen molar-refractivity contribution in [3.8, 4) is 0 Å². The highest BCUT2D eigenvalue weighted by Gasteiger charge is 2.17. The normalized spacial score (nSPS) is 17.0. The maximum absolute atomic E-state index is 5.34. The summed E-state index contributed by atoms with van der Waals surface area (Å²) in [6.07, 6.45) is 5.54. The van der Waals surface area contributed by atoms with Gasteiger partial charge in [-0.05, 0) is 12.8 Å². The van der Waals surface area contributed by atoms with Crippen molar-refractivity contribution >= 4 is 5.82 Å². The van der Waals surface area contributed by atoms with Gasteiger partial charge in [0, 0.05) is 37.4 Å². The molecule has 0 atom stereocenters. The predicted molar refractivity (Wildman–Crippen MR) is 63.5 cm³/mol. The third-order valence-electron chi connectivity index (χ3n) is 2.76. The lowest BCUT2D eigenvalue weighted by atomic mass is 9.96. The number of anilines is 1. The van der Waals surface area contributed by atoms with Crippen molar-refractivity contribution in [1.82, 2.24) is 9.97 Å². The third kappa shape index (κ3) is 2.79. The molecular formula is C12H17N3O. The zero-order valence-electron chi connectivity index (χ0n) is 9.35. The Labute approximate surface area is 95.8 Å². The minimum Gasteiger partial charge on any atom is -0.381 e. The summed E-state index contributed by atoms with van der Waals surface area (Å²) in [4.78, 5) is 8.51. The van der Waals surface area contributed by atoms with E-state index >= 15 is 0 Å². The van der Waals surface area contributed by atoms with E-state index in [9.17, 15) is 0 Å². The molecule has 86 valence electrons. The largest absolute Gasteiger partial charge is 0.381 e. The number of rotatable bonds is 4.